The van der Waals surface area contributed by atoms with E-state index < -0.39 is 4.92 Å². The van der Waals surface area contributed by atoms with E-state index >= 15 is 0 Å². The van der Waals surface area contributed by atoms with Crippen molar-refractivity contribution in [1.29, 1.82) is 0 Å². The molecule has 2 aliphatic heterocycles. The first kappa shape index (κ1) is 16.9. The third-order valence-electron chi connectivity index (χ3n) is 5.05. The van der Waals surface area contributed by atoms with E-state index in [0.29, 0.717) is 19.5 Å². The van der Waals surface area contributed by atoms with Gasteiger partial charge in [0.2, 0.25) is 5.91 Å². The number of hydrogen-bond acceptors (Lipinski definition) is 5. The number of nitrogens with zero attached hydrogens (tertiary/aromatic N) is 3. The van der Waals surface area contributed by atoms with Gasteiger partial charge in [-0.1, -0.05) is 0 Å². The maximum atomic E-state index is 12.7. The highest BCUT2D eigenvalue weighted by molar-refractivity contribution is 5.97. The van der Waals surface area contributed by atoms with Crippen LogP contribution in [0.25, 0.3) is 0 Å². The highest BCUT2D eigenvalue weighted by atomic mass is 16.6. The van der Waals surface area contributed by atoms with Gasteiger partial charge in [-0.2, -0.15) is 0 Å². The zero-order valence-electron chi connectivity index (χ0n) is 13.9. The fraction of sp³-hybridized carbons (Fsp3) is 0.588. The highest BCUT2D eigenvalue weighted by Gasteiger charge is 2.30. The smallest absolute Gasteiger partial charge is 0.269 e. The summed E-state index contributed by atoms with van der Waals surface area (Å²) in [6, 6.07) is 4.69. The van der Waals surface area contributed by atoms with Gasteiger partial charge in [-0.05, 0) is 50.3 Å². The largest absolute Gasteiger partial charge is 0.393 e. The number of aliphatic hydroxyl groups excluding tert-OH is 1. The molecule has 1 aromatic rings. The minimum Gasteiger partial charge on any atom is -0.393 e. The van der Waals surface area contributed by atoms with Crippen molar-refractivity contribution in [2.75, 3.05) is 31.1 Å². The molecule has 2 heterocycles. The monoisotopic (exact) mass is 333 g/mol. The Morgan fingerprint density at radius 3 is 2.96 bits per heavy atom. The van der Waals surface area contributed by atoms with Crippen LogP contribution in [0.4, 0.5) is 11.4 Å². The number of hydrogen-bond donors (Lipinski definition) is 1. The Morgan fingerprint density at radius 1 is 1.46 bits per heavy atom. The molecule has 3 rings (SSSR count). The quantitative estimate of drug-likeness (QED) is 0.668. The van der Waals surface area contributed by atoms with Crippen LogP contribution in [0.1, 0.15) is 25.3 Å². The van der Waals surface area contributed by atoms with Crippen molar-refractivity contribution >= 4 is 17.3 Å². The third kappa shape index (κ3) is 3.42. The second kappa shape index (κ2) is 6.86. The van der Waals surface area contributed by atoms with Crippen LogP contribution in [-0.2, 0) is 11.2 Å². The van der Waals surface area contributed by atoms with Crippen molar-refractivity contribution in [1.82, 2.24) is 4.90 Å². The maximum Gasteiger partial charge on any atom is 0.269 e. The van der Waals surface area contributed by atoms with Crippen molar-refractivity contribution in [2.24, 2.45) is 5.92 Å². The molecule has 0 aliphatic carbocycles. The first-order valence-electron chi connectivity index (χ1n) is 8.44. The van der Waals surface area contributed by atoms with Crippen molar-refractivity contribution < 1.29 is 14.8 Å². The second-order valence-electron chi connectivity index (χ2n) is 6.74. The molecule has 1 N–H and O–H groups in total. The summed E-state index contributed by atoms with van der Waals surface area (Å²) < 4.78 is 0. The number of carbonyl (C=O) groups is 1. The number of nitro groups is 1. The van der Waals surface area contributed by atoms with Crippen molar-refractivity contribution in [3.8, 4) is 0 Å². The average Bonchev–Trinajstić information content (AvgIpc) is 2.98. The number of nitro benzene ring substituents is 1. The number of rotatable bonds is 4. The summed E-state index contributed by atoms with van der Waals surface area (Å²) in [5.41, 5.74) is 1.71. The van der Waals surface area contributed by atoms with E-state index in [2.05, 4.69) is 4.90 Å². The molecular formula is C17H23N3O4. The van der Waals surface area contributed by atoms with Gasteiger partial charge in [0.15, 0.2) is 0 Å². The van der Waals surface area contributed by atoms with Crippen LogP contribution in [0.3, 0.4) is 0 Å². The molecule has 24 heavy (non-hydrogen) atoms. The van der Waals surface area contributed by atoms with Crippen LogP contribution >= 0.6 is 0 Å². The number of non-ortho nitro benzene ring substituents is 1. The van der Waals surface area contributed by atoms with Crippen LogP contribution in [0, 0.1) is 16.0 Å². The van der Waals surface area contributed by atoms with Crippen LogP contribution in [-0.4, -0.2) is 53.1 Å². The van der Waals surface area contributed by atoms with Gasteiger partial charge in [0, 0.05) is 30.9 Å². The fourth-order valence-electron chi connectivity index (χ4n) is 3.67. The van der Waals surface area contributed by atoms with Gasteiger partial charge in [0.25, 0.3) is 5.69 Å². The number of fused-ring (bicyclic) bond motifs is 1. The van der Waals surface area contributed by atoms with E-state index in [-0.39, 0.29) is 23.6 Å². The number of aliphatic hydroxyl groups is 1. The number of anilines is 1. The number of piperidine rings is 1. The Labute approximate surface area is 141 Å². The van der Waals surface area contributed by atoms with Gasteiger partial charge in [0.1, 0.15) is 0 Å². The van der Waals surface area contributed by atoms with E-state index in [0.717, 1.165) is 37.2 Å². The molecule has 0 radical (unpaired) electrons. The van der Waals surface area contributed by atoms with Crippen LogP contribution < -0.4 is 4.90 Å². The number of amides is 1. The van der Waals surface area contributed by atoms with E-state index in [4.69, 9.17) is 0 Å². The summed E-state index contributed by atoms with van der Waals surface area (Å²) in [5.74, 6) is 0.244. The Hall–Kier alpha value is -1.99. The molecule has 2 aliphatic rings. The molecule has 0 aromatic heterocycles. The van der Waals surface area contributed by atoms with Crippen LogP contribution in [0.2, 0.25) is 0 Å². The van der Waals surface area contributed by atoms with Gasteiger partial charge >= 0.3 is 0 Å². The lowest BCUT2D eigenvalue weighted by Gasteiger charge is -2.34. The van der Waals surface area contributed by atoms with Gasteiger partial charge in [-0.15, -0.1) is 0 Å². The third-order valence-corrected chi connectivity index (χ3v) is 5.05. The van der Waals surface area contributed by atoms with Crippen LogP contribution in [0.15, 0.2) is 18.2 Å². The Morgan fingerprint density at radius 2 is 2.25 bits per heavy atom. The summed E-state index contributed by atoms with van der Waals surface area (Å²) in [5, 5.41) is 20.6. The summed E-state index contributed by atoms with van der Waals surface area (Å²) in [6.07, 6.45) is 2.29. The predicted molar refractivity (Wildman–Crippen MR) is 90.0 cm³/mol. The lowest BCUT2D eigenvalue weighted by atomic mass is 9.93. The van der Waals surface area contributed by atoms with Gasteiger partial charge < -0.3 is 10.0 Å². The first-order valence-corrected chi connectivity index (χ1v) is 8.44. The van der Waals surface area contributed by atoms with Gasteiger partial charge in [-0.3, -0.25) is 19.8 Å². The number of carbonyl (C=O) groups excluding carboxylic acids is 1. The zero-order valence-corrected chi connectivity index (χ0v) is 13.9. The SMILES string of the molecule is CC(O)C1CCCN(CC(=O)N2CCc3cc([N+](=O)[O-])ccc32)C1. The molecule has 7 nitrogen and oxygen atoms in total. The normalized spacial score (nSPS) is 22.2. The van der Waals surface area contributed by atoms with E-state index in [1.165, 1.54) is 6.07 Å². The number of benzene rings is 1. The van der Waals surface area contributed by atoms with E-state index in [9.17, 15) is 20.0 Å². The Bertz CT molecular complexity index is 647. The Balaban J connectivity index is 1.66. The molecule has 2 unspecified atom stereocenters. The fourth-order valence-corrected chi connectivity index (χ4v) is 3.67. The molecule has 0 spiro atoms. The maximum absolute atomic E-state index is 12.7. The Kier molecular flexibility index (Phi) is 4.82. The molecule has 7 heteroatoms. The molecule has 0 saturated carbocycles. The lowest BCUT2D eigenvalue weighted by Crippen LogP contribution is -2.45. The molecule has 2 atom stereocenters. The minimum absolute atomic E-state index is 0.0221. The molecule has 130 valence electrons. The highest BCUT2D eigenvalue weighted by Crippen LogP contribution is 2.31. The zero-order chi connectivity index (χ0) is 17.3. The summed E-state index contributed by atoms with van der Waals surface area (Å²) in [7, 11) is 0. The van der Waals surface area contributed by atoms with E-state index in [1.54, 1.807) is 24.0 Å². The molecular weight excluding hydrogens is 310 g/mol. The molecule has 1 amide bonds. The van der Waals surface area contributed by atoms with Crippen molar-refractivity contribution in [3.05, 3.63) is 33.9 Å². The van der Waals surface area contributed by atoms with Crippen LogP contribution in [0.5, 0.6) is 0 Å². The molecule has 1 aromatic carbocycles. The molecule has 1 saturated heterocycles. The van der Waals surface area contributed by atoms with Crippen molar-refractivity contribution in [3.63, 3.8) is 0 Å². The average molecular weight is 333 g/mol. The standard InChI is InChI=1S/C17H23N3O4/c1-12(21)14-3-2-7-18(10-14)11-17(22)19-8-6-13-9-15(20(23)24)4-5-16(13)19/h4-5,9,12,14,21H,2-3,6-8,10-11H2,1H3. The lowest BCUT2D eigenvalue weighted by molar-refractivity contribution is -0.384. The van der Waals surface area contributed by atoms with E-state index in [1.807, 2.05) is 0 Å². The van der Waals surface area contributed by atoms with Gasteiger partial charge in [-0.25, -0.2) is 0 Å². The summed E-state index contributed by atoms with van der Waals surface area (Å²) in [6.45, 7) is 4.32. The van der Waals surface area contributed by atoms with Gasteiger partial charge in [0.05, 0.1) is 17.6 Å². The molecule has 1 fully saturated rings. The minimum atomic E-state index is -0.408. The second-order valence-corrected chi connectivity index (χ2v) is 6.74. The van der Waals surface area contributed by atoms with Crippen molar-refractivity contribution in [2.45, 2.75) is 32.3 Å². The predicted octanol–water partition coefficient (Wildman–Crippen LogP) is 1.58. The summed E-state index contributed by atoms with van der Waals surface area (Å²) in [4.78, 5) is 26.9. The molecule has 0 bridgehead atoms. The topological polar surface area (TPSA) is 86.9 Å². The number of likely N-dealkylation sites (tertiary alicyclic amines) is 1. The first-order chi connectivity index (χ1) is 11.5. The summed E-state index contributed by atoms with van der Waals surface area (Å²) >= 11 is 0.